The topological polar surface area (TPSA) is 64.0 Å². The van der Waals surface area contributed by atoms with Gasteiger partial charge in [-0.15, -0.1) is 0 Å². The van der Waals surface area contributed by atoms with Gasteiger partial charge in [-0.25, -0.2) is 4.98 Å². The minimum absolute atomic E-state index is 0.664. The van der Waals surface area contributed by atoms with Crippen molar-refractivity contribution in [1.29, 1.82) is 5.41 Å². The van der Waals surface area contributed by atoms with Crippen LogP contribution in [0.5, 0.6) is 0 Å². The zero-order valence-electron chi connectivity index (χ0n) is 16.5. The number of hydrogen-bond acceptors (Lipinski definition) is 5. The molecule has 0 atom stereocenters. The highest BCUT2D eigenvalue weighted by molar-refractivity contribution is 5.79. The van der Waals surface area contributed by atoms with Crippen LogP contribution >= 0.6 is 0 Å². The number of hydrogen-bond donors (Lipinski definition) is 3. The molecule has 0 aromatic carbocycles. The molecule has 1 aromatic heterocycles. The van der Waals surface area contributed by atoms with Gasteiger partial charge in [0.05, 0.1) is 5.69 Å². The Morgan fingerprint density at radius 1 is 1.15 bits per heavy atom. The monoisotopic (exact) mass is 357 g/mol. The largest absolute Gasteiger partial charge is 0.382 e. The molecule has 0 bridgehead atoms. The second kappa shape index (κ2) is 9.36. The van der Waals surface area contributed by atoms with Crippen molar-refractivity contribution in [1.82, 2.24) is 10.3 Å². The zero-order valence-corrected chi connectivity index (χ0v) is 16.5. The van der Waals surface area contributed by atoms with E-state index in [-0.39, 0.29) is 0 Å². The van der Waals surface area contributed by atoms with Crippen molar-refractivity contribution in [3.8, 4) is 0 Å². The molecule has 3 N–H and O–H groups in total. The smallest absolute Gasteiger partial charge is 0.151 e. The molecule has 1 saturated heterocycles. The van der Waals surface area contributed by atoms with Gasteiger partial charge >= 0.3 is 0 Å². The van der Waals surface area contributed by atoms with Crippen LogP contribution in [0.25, 0.3) is 0 Å². The van der Waals surface area contributed by atoms with Gasteiger partial charge in [0.2, 0.25) is 0 Å². The van der Waals surface area contributed by atoms with E-state index < -0.39 is 0 Å². The lowest BCUT2D eigenvalue weighted by Gasteiger charge is -2.36. The molecule has 1 aliphatic heterocycles. The molecule has 26 heavy (non-hydrogen) atoms. The third kappa shape index (κ3) is 5.44. The summed E-state index contributed by atoms with van der Waals surface area (Å²) < 4.78 is 0. The zero-order chi connectivity index (χ0) is 18.4. The van der Waals surface area contributed by atoms with Crippen LogP contribution in [0.3, 0.4) is 0 Å². The Balaban J connectivity index is 1.55. The predicted octanol–water partition coefficient (Wildman–Crippen LogP) is 4.12. The molecule has 1 aromatic rings. The number of nitrogens with one attached hydrogen (secondary N) is 3. The summed E-state index contributed by atoms with van der Waals surface area (Å²) in [4.78, 5) is 7.16. The van der Waals surface area contributed by atoms with E-state index in [4.69, 9.17) is 10.4 Å². The van der Waals surface area contributed by atoms with Gasteiger partial charge in [-0.3, -0.25) is 0 Å². The minimum atomic E-state index is 0.664. The van der Waals surface area contributed by atoms with Gasteiger partial charge in [-0.1, -0.05) is 19.3 Å². The van der Waals surface area contributed by atoms with Crippen LogP contribution in [0.1, 0.15) is 63.9 Å². The molecule has 0 radical (unpaired) electrons. The van der Waals surface area contributed by atoms with Gasteiger partial charge in [0.25, 0.3) is 0 Å². The Morgan fingerprint density at radius 2 is 1.85 bits per heavy atom. The average Bonchev–Trinajstić information content (AvgIpc) is 2.63. The lowest BCUT2D eigenvalue weighted by molar-refractivity contribution is 0.307. The van der Waals surface area contributed by atoms with Gasteiger partial charge < -0.3 is 20.9 Å². The van der Waals surface area contributed by atoms with Crippen molar-refractivity contribution >= 4 is 17.2 Å². The van der Waals surface area contributed by atoms with Gasteiger partial charge in [0, 0.05) is 50.0 Å². The molecule has 1 saturated carbocycles. The highest BCUT2D eigenvalue weighted by Gasteiger charge is 2.24. The molecule has 1 aliphatic carbocycles. The highest BCUT2D eigenvalue weighted by Crippen LogP contribution is 2.28. The Morgan fingerprint density at radius 3 is 2.54 bits per heavy atom. The molecule has 5 nitrogen and oxygen atoms in total. The van der Waals surface area contributed by atoms with Crippen LogP contribution < -0.4 is 15.5 Å². The van der Waals surface area contributed by atoms with Crippen molar-refractivity contribution in [3.05, 3.63) is 17.8 Å². The molecule has 2 aliphatic rings. The summed E-state index contributed by atoms with van der Waals surface area (Å²) in [6.45, 7) is 6.88. The number of aromatic nitrogens is 1. The van der Waals surface area contributed by atoms with E-state index in [0.717, 1.165) is 43.6 Å². The number of rotatable bonds is 7. The maximum Gasteiger partial charge on any atom is 0.151 e. The maximum atomic E-state index is 7.61. The maximum absolute atomic E-state index is 7.61. The first-order valence-electron chi connectivity index (χ1n) is 10.4. The van der Waals surface area contributed by atoms with Crippen molar-refractivity contribution in [2.45, 2.75) is 77.3 Å². The number of piperidine rings is 1. The summed E-state index contributed by atoms with van der Waals surface area (Å²) in [5, 5.41) is 15.0. The summed E-state index contributed by atoms with van der Waals surface area (Å²) >= 11 is 0. The van der Waals surface area contributed by atoms with Crippen LogP contribution in [0.15, 0.2) is 12.3 Å². The lowest BCUT2D eigenvalue weighted by atomic mass is 9.93. The molecule has 0 unspecified atom stereocenters. The van der Waals surface area contributed by atoms with Gasteiger partial charge in [0.1, 0.15) is 0 Å². The summed E-state index contributed by atoms with van der Waals surface area (Å²) in [6.07, 6.45) is 12.1. The number of nitrogens with zero attached hydrogens (tertiary/aromatic N) is 2. The third-order valence-electron chi connectivity index (χ3n) is 5.69. The van der Waals surface area contributed by atoms with Crippen LogP contribution in [-0.4, -0.2) is 42.4 Å². The van der Waals surface area contributed by atoms with E-state index in [9.17, 15) is 0 Å². The van der Waals surface area contributed by atoms with E-state index in [1.165, 1.54) is 50.5 Å². The van der Waals surface area contributed by atoms with E-state index in [1.807, 2.05) is 13.1 Å². The Labute approximate surface area is 158 Å². The second-order valence-electron chi connectivity index (χ2n) is 8.10. The molecule has 2 heterocycles. The molecule has 0 amide bonds. The van der Waals surface area contributed by atoms with Crippen molar-refractivity contribution in [2.75, 3.05) is 29.9 Å². The quantitative estimate of drug-likeness (QED) is 0.642. The normalized spacial score (nSPS) is 19.5. The fourth-order valence-electron chi connectivity index (χ4n) is 4.19. The standard InChI is InChI=1S/C21H35N5/c1-16-14-20(23-11-8-17(2)22)21(24-15-16)26-12-9-19(10-13-26)25-18-6-4-3-5-7-18/h14-15,18-19,22-23,25H,3-13H2,1-2H3. The second-order valence-corrected chi connectivity index (χ2v) is 8.10. The number of anilines is 2. The van der Waals surface area contributed by atoms with Gasteiger partial charge in [-0.05, 0) is 51.2 Å². The van der Waals surface area contributed by atoms with Crippen LogP contribution in [0.2, 0.25) is 0 Å². The number of aryl methyl sites for hydroxylation is 1. The molecular weight excluding hydrogens is 322 g/mol. The predicted molar refractivity (Wildman–Crippen MR) is 111 cm³/mol. The van der Waals surface area contributed by atoms with Crippen molar-refractivity contribution in [2.24, 2.45) is 0 Å². The Hall–Kier alpha value is -1.62. The van der Waals surface area contributed by atoms with E-state index >= 15 is 0 Å². The summed E-state index contributed by atoms with van der Waals surface area (Å²) in [6, 6.07) is 3.60. The fraction of sp³-hybridized carbons (Fsp3) is 0.714. The van der Waals surface area contributed by atoms with Crippen LogP contribution in [-0.2, 0) is 0 Å². The van der Waals surface area contributed by atoms with Crippen molar-refractivity contribution < 1.29 is 0 Å². The first kappa shape index (κ1) is 19.2. The van der Waals surface area contributed by atoms with E-state index in [2.05, 4.69) is 28.5 Å². The third-order valence-corrected chi connectivity index (χ3v) is 5.69. The summed E-state index contributed by atoms with van der Waals surface area (Å²) in [5.74, 6) is 1.08. The molecule has 2 fully saturated rings. The fourth-order valence-corrected chi connectivity index (χ4v) is 4.19. The van der Waals surface area contributed by atoms with E-state index in [1.54, 1.807) is 0 Å². The first-order valence-corrected chi connectivity index (χ1v) is 10.4. The van der Waals surface area contributed by atoms with Crippen molar-refractivity contribution in [3.63, 3.8) is 0 Å². The number of pyridine rings is 1. The SMILES string of the molecule is CC(=N)CCNc1cc(C)cnc1N1CCC(NC2CCCCC2)CC1. The van der Waals surface area contributed by atoms with E-state index in [0.29, 0.717) is 11.8 Å². The van der Waals surface area contributed by atoms with Crippen LogP contribution in [0.4, 0.5) is 11.5 Å². The Bertz CT molecular complexity index is 586. The first-order chi connectivity index (χ1) is 12.6. The van der Waals surface area contributed by atoms with Crippen LogP contribution in [0, 0.1) is 12.3 Å². The molecule has 3 rings (SSSR count). The van der Waals surface area contributed by atoms with Gasteiger partial charge in [-0.2, -0.15) is 0 Å². The summed E-state index contributed by atoms with van der Waals surface area (Å²) in [5.41, 5.74) is 3.01. The average molecular weight is 358 g/mol. The molecular formula is C21H35N5. The lowest BCUT2D eigenvalue weighted by Crippen LogP contribution is -2.47. The summed E-state index contributed by atoms with van der Waals surface area (Å²) in [7, 11) is 0. The molecule has 0 spiro atoms. The Kier molecular flexibility index (Phi) is 6.89. The minimum Gasteiger partial charge on any atom is -0.382 e. The highest BCUT2D eigenvalue weighted by atomic mass is 15.2. The van der Waals surface area contributed by atoms with Gasteiger partial charge in [0.15, 0.2) is 5.82 Å². The molecule has 144 valence electrons. The molecule has 5 heteroatoms.